The second kappa shape index (κ2) is 7.77. The van der Waals surface area contributed by atoms with Crippen LogP contribution in [0.2, 0.25) is 0 Å². The van der Waals surface area contributed by atoms with Crippen molar-refractivity contribution < 1.29 is 32.6 Å². The molecule has 0 radical (unpaired) electrons. The van der Waals surface area contributed by atoms with Crippen LogP contribution in [-0.4, -0.2) is 33.6 Å². The molecule has 1 heterocycles. The summed E-state index contributed by atoms with van der Waals surface area (Å²) in [6, 6.07) is 9.98. The summed E-state index contributed by atoms with van der Waals surface area (Å²) in [5, 5.41) is 21.9. The van der Waals surface area contributed by atoms with E-state index < -0.39 is 17.5 Å². The normalized spacial score (nSPS) is 11.7. The average molecular weight is 380 g/mol. The highest BCUT2D eigenvalue weighted by molar-refractivity contribution is 5.62. The molecule has 0 spiro atoms. The molecule has 9 heteroatoms. The first-order valence-electron chi connectivity index (χ1n) is 7.90. The Bertz CT molecular complexity index is 908. The monoisotopic (exact) mass is 380 g/mol. The van der Waals surface area contributed by atoms with Gasteiger partial charge in [0.05, 0.1) is 25.4 Å². The third kappa shape index (κ3) is 4.44. The Morgan fingerprint density at radius 2 is 1.74 bits per heavy atom. The van der Waals surface area contributed by atoms with E-state index in [0.717, 1.165) is 17.7 Å². The van der Waals surface area contributed by atoms with Crippen LogP contribution in [0.15, 0.2) is 47.0 Å². The minimum Gasteiger partial charge on any atom is -0.507 e. The number of rotatable bonds is 6. The van der Waals surface area contributed by atoms with Gasteiger partial charge in [-0.1, -0.05) is 29.4 Å². The summed E-state index contributed by atoms with van der Waals surface area (Å²) in [7, 11) is 0. The van der Waals surface area contributed by atoms with Gasteiger partial charge in [-0.25, -0.2) is 0 Å². The molecule has 1 aromatic heterocycles. The van der Waals surface area contributed by atoms with Gasteiger partial charge in [0.15, 0.2) is 0 Å². The van der Waals surface area contributed by atoms with Crippen molar-refractivity contribution in [1.29, 1.82) is 0 Å². The number of nitrogens with zero attached hydrogens (tertiary/aromatic N) is 2. The number of ether oxygens (including phenoxy) is 1. The Hall–Kier alpha value is -2.91. The van der Waals surface area contributed by atoms with Crippen LogP contribution in [0.1, 0.15) is 11.1 Å². The zero-order valence-electron chi connectivity index (χ0n) is 13.9. The van der Waals surface area contributed by atoms with Crippen LogP contribution in [0.25, 0.3) is 22.8 Å². The lowest BCUT2D eigenvalue weighted by Gasteiger charge is -2.09. The van der Waals surface area contributed by atoms with E-state index in [4.69, 9.17) is 14.4 Å². The van der Waals surface area contributed by atoms with E-state index in [-0.39, 0.29) is 30.5 Å². The first-order chi connectivity index (χ1) is 12.9. The number of aliphatic hydroxyl groups is 1. The minimum absolute atomic E-state index is 0.0490. The maximum Gasteiger partial charge on any atom is 0.419 e. The lowest BCUT2D eigenvalue weighted by atomic mass is 10.1. The number of alkyl halides is 3. The lowest BCUT2D eigenvalue weighted by Crippen LogP contribution is -2.05. The maximum absolute atomic E-state index is 12.9. The molecule has 27 heavy (non-hydrogen) atoms. The summed E-state index contributed by atoms with van der Waals surface area (Å²) in [4.78, 5) is 4.12. The number of hydrogen-bond donors (Lipinski definition) is 2. The second-order valence-electron chi connectivity index (χ2n) is 5.63. The molecule has 0 aliphatic rings. The fourth-order valence-corrected chi connectivity index (χ4v) is 2.36. The third-order valence-corrected chi connectivity index (χ3v) is 3.69. The summed E-state index contributed by atoms with van der Waals surface area (Å²) in [6.07, 6.45) is -4.70. The van der Waals surface area contributed by atoms with Crippen molar-refractivity contribution in [3.8, 4) is 28.6 Å². The van der Waals surface area contributed by atoms with Gasteiger partial charge in [0, 0.05) is 11.1 Å². The van der Waals surface area contributed by atoms with Crippen LogP contribution >= 0.6 is 0 Å². The molecule has 0 aliphatic heterocycles. The van der Waals surface area contributed by atoms with Gasteiger partial charge in [-0.3, -0.25) is 0 Å². The van der Waals surface area contributed by atoms with Crippen molar-refractivity contribution >= 4 is 0 Å². The fourth-order valence-electron chi connectivity index (χ4n) is 2.36. The highest BCUT2D eigenvalue weighted by Gasteiger charge is 2.34. The Kier molecular flexibility index (Phi) is 5.43. The van der Waals surface area contributed by atoms with Crippen LogP contribution in [0.3, 0.4) is 0 Å². The Balaban J connectivity index is 1.81. The van der Waals surface area contributed by atoms with Gasteiger partial charge in [0.2, 0.25) is 5.82 Å². The van der Waals surface area contributed by atoms with Crippen LogP contribution in [0.5, 0.6) is 5.75 Å². The quantitative estimate of drug-likeness (QED) is 0.635. The summed E-state index contributed by atoms with van der Waals surface area (Å²) in [6.45, 7) is 0.519. The van der Waals surface area contributed by atoms with Gasteiger partial charge in [0.1, 0.15) is 5.75 Å². The van der Waals surface area contributed by atoms with Crippen molar-refractivity contribution in [1.82, 2.24) is 10.1 Å². The number of hydrogen-bond acceptors (Lipinski definition) is 6. The predicted octanol–water partition coefficient (Wildman–Crippen LogP) is 3.64. The number of aliphatic hydroxyl groups excluding tert-OH is 1. The van der Waals surface area contributed by atoms with Gasteiger partial charge >= 0.3 is 6.18 Å². The summed E-state index contributed by atoms with van der Waals surface area (Å²) in [5.41, 5.74) is 0.370. The van der Waals surface area contributed by atoms with Crippen molar-refractivity contribution in [2.24, 2.45) is 0 Å². The smallest absolute Gasteiger partial charge is 0.419 e. The zero-order chi connectivity index (χ0) is 19.4. The molecule has 0 atom stereocenters. The van der Waals surface area contributed by atoms with Crippen molar-refractivity contribution in [2.75, 3.05) is 13.2 Å². The van der Waals surface area contributed by atoms with E-state index in [0.29, 0.717) is 12.2 Å². The first kappa shape index (κ1) is 18.9. The SMILES string of the molecule is OCCOCc1ccc(-c2noc(-c3ccc(O)c(C(F)(F)F)c3)n2)cc1. The Morgan fingerprint density at radius 1 is 1.04 bits per heavy atom. The molecule has 3 rings (SSSR count). The molecule has 0 amide bonds. The van der Waals surface area contributed by atoms with Gasteiger partial charge in [-0.15, -0.1) is 0 Å². The number of phenols is 1. The molecule has 2 aromatic carbocycles. The summed E-state index contributed by atoms with van der Waals surface area (Å²) >= 11 is 0. The molecular formula is C18H15F3N2O4. The molecular weight excluding hydrogens is 365 g/mol. The van der Waals surface area contributed by atoms with E-state index in [1.54, 1.807) is 24.3 Å². The number of aromatic nitrogens is 2. The van der Waals surface area contributed by atoms with E-state index >= 15 is 0 Å². The van der Waals surface area contributed by atoms with Crippen LogP contribution in [0.4, 0.5) is 13.2 Å². The molecule has 0 saturated carbocycles. The van der Waals surface area contributed by atoms with Crippen LogP contribution < -0.4 is 0 Å². The van der Waals surface area contributed by atoms with Crippen molar-refractivity contribution in [2.45, 2.75) is 12.8 Å². The average Bonchev–Trinajstić information content (AvgIpc) is 3.12. The number of aromatic hydroxyl groups is 1. The summed E-state index contributed by atoms with van der Waals surface area (Å²) in [5.74, 6) is -0.745. The molecule has 0 aliphatic carbocycles. The second-order valence-corrected chi connectivity index (χ2v) is 5.63. The molecule has 2 N–H and O–H groups in total. The molecule has 0 unspecified atom stereocenters. The molecule has 0 fully saturated rings. The number of phenolic OH excluding ortho intramolecular Hbond substituents is 1. The van der Waals surface area contributed by atoms with Gasteiger partial charge in [-0.2, -0.15) is 18.2 Å². The van der Waals surface area contributed by atoms with E-state index in [2.05, 4.69) is 10.1 Å². The molecule has 0 bridgehead atoms. The fraction of sp³-hybridized carbons (Fsp3) is 0.222. The van der Waals surface area contributed by atoms with E-state index in [1.807, 2.05) is 0 Å². The highest BCUT2D eigenvalue weighted by Crippen LogP contribution is 2.38. The van der Waals surface area contributed by atoms with Gasteiger partial charge in [-0.05, 0) is 23.8 Å². The van der Waals surface area contributed by atoms with Crippen molar-refractivity contribution in [3.05, 3.63) is 53.6 Å². The van der Waals surface area contributed by atoms with E-state index in [9.17, 15) is 18.3 Å². The Morgan fingerprint density at radius 3 is 2.41 bits per heavy atom. The van der Waals surface area contributed by atoms with Gasteiger partial charge in [0.25, 0.3) is 5.89 Å². The topological polar surface area (TPSA) is 88.6 Å². The predicted molar refractivity (Wildman–Crippen MR) is 88.6 cm³/mol. The molecule has 0 saturated heterocycles. The zero-order valence-corrected chi connectivity index (χ0v) is 13.9. The number of halogens is 3. The maximum atomic E-state index is 12.9. The third-order valence-electron chi connectivity index (χ3n) is 3.69. The van der Waals surface area contributed by atoms with Crippen LogP contribution in [0, 0.1) is 0 Å². The lowest BCUT2D eigenvalue weighted by molar-refractivity contribution is -0.138. The molecule has 142 valence electrons. The Labute approximate surface area is 151 Å². The number of benzene rings is 2. The summed E-state index contributed by atoms with van der Waals surface area (Å²) < 4.78 is 49.0. The van der Waals surface area contributed by atoms with Crippen molar-refractivity contribution in [3.63, 3.8) is 0 Å². The largest absolute Gasteiger partial charge is 0.507 e. The molecule has 6 nitrogen and oxygen atoms in total. The first-order valence-corrected chi connectivity index (χ1v) is 7.90. The minimum atomic E-state index is -4.70. The standard InChI is InChI=1S/C18H15F3N2O4/c19-18(20,21)14-9-13(5-6-15(14)25)17-22-16(23-27-17)12-3-1-11(2-4-12)10-26-8-7-24/h1-6,9,24-25H,7-8,10H2. The van der Waals surface area contributed by atoms with E-state index in [1.165, 1.54) is 6.07 Å². The van der Waals surface area contributed by atoms with Crippen LogP contribution in [-0.2, 0) is 17.5 Å². The van der Waals surface area contributed by atoms with Gasteiger partial charge < -0.3 is 19.5 Å². The molecule has 3 aromatic rings. The highest BCUT2D eigenvalue weighted by atomic mass is 19.4.